The summed E-state index contributed by atoms with van der Waals surface area (Å²) in [6, 6.07) is 0. The van der Waals surface area contributed by atoms with Gasteiger partial charge in [0.1, 0.15) is 10.7 Å². The Balaban J connectivity index is 2.95. The van der Waals surface area contributed by atoms with Crippen LogP contribution in [0.1, 0.15) is 29.9 Å². The van der Waals surface area contributed by atoms with Crippen LogP contribution in [-0.4, -0.2) is 53.4 Å². The maximum Gasteiger partial charge on any atom is 0.265 e. The highest BCUT2D eigenvalue weighted by atomic mass is 32.1. The van der Waals surface area contributed by atoms with E-state index in [9.17, 15) is 15.0 Å². The van der Waals surface area contributed by atoms with Crippen LogP contribution in [0.25, 0.3) is 0 Å². The van der Waals surface area contributed by atoms with E-state index in [0.29, 0.717) is 16.4 Å². The highest BCUT2D eigenvalue weighted by Crippen LogP contribution is 2.27. The molecule has 8 heteroatoms. The first-order chi connectivity index (χ1) is 9.42. The van der Waals surface area contributed by atoms with Gasteiger partial charge in [-0.2, -0.15) is 0 Å². The van der Waals surface area contributed by atoms with Gasteiger partial charge in [-0.1, -0.05) is 18.3 Å². The van der Waals surface area contributed by atoms with E-state index in [1.807, 2.05) is 18.9 Å². The van der Waals surface area contributed by atoms with Crippen LogP contribution in [0, 0.1) is 0 Å². The second-order valence-electron chi connectivity index (χ2n) is 4.63. The number of hydrogen-bond donors (Lipinski definition) is 4. The fraction of sp³-hybridized carbons (Fsp3) is 0.667. The topological polar surface area (TPSA) is 112 Å². The highest BCUT2D eigenvalue weighted by molar-refractivity contribution is 7.18. The zero-order valence-electron chi connectivity index (χ0n) is 12.0. The molecular formula is C12H22N4O3S. The SMILES string of the molecule is CCN(C)c1nc(N)c(C(=O)NC(CC)(CO)CO)s1. The third kappa shape index (κ3) is 3.38. The Bertz CT molecular complexity index is 451. The van der Waals surface area contributed by atoms with Gasteiger partial charge < -0.3 is 26.2 Å². The van der Waals surface area contributed by atoms with Crippen molar-refractivity contribution < 1.29 is 15.0 Å². The molecule has 0 bridgehead atoms. The maximum absolute atomic E-state index is 12.2. The van der Waals surface area contributed by atoms with Crippen molar-refractivity contribution in [1.29, 1.82) is 0 Å². The van der Waals surface area contributed by atoms with E-state index in [1.54, 1.807) is 6.92 Å². The lowest BCUT2D eigenvalue weighted by molar-refractivity contribution is 0.0656. The van der Waals surface area contributed by atoms with E-state index in [-0.39, 0.29) is 19.0 Å². The summed E-state index contributed by atoms with van der Waals surface area (Å²) in [6.45, 7) is 3.81. The number of thiazole rings is 1. The van der Waals surface area contributed by atoms with Crippen molar-refractivity contribution in [1.82, 2.24) is 10.3 Å². The van der Waals surface area contributed by atoms with Crippen LogP contribution in [0.5, 0.6) is 0 Å². The lowest BCUT2D eigenvalue weighted by Gasteiger charge is -2.29. The van der Waals surface area contributed by atoms with Gasteiger partial charge in [0, 0.05) is 13.6 Å². The number of aliphatic hydroxyl groups is 2. The molecule has 1 rings (SSSR count). The van der Waals surface area contributed by atoms with Crippen LogP contribution in [-0.2, 0) is 0 Å². The summed E-state index contributed by atoms with van der Waals surface area (Å²) < 4.78 is 0. The first kappa shape index (κ1) is 16.7. The van der Waals surface area contributed by atoms with Gasteiger partial charge in [-0.05, 0) is 13.3 Å². The van der Waals surface area contributed by atoms with Crippen molar-refractivity contribution in [2.45, 2.75) is 25.8 Å². The minimum atomic E-state index is -1.04. The van der Waals surface area contributed by atoms with Crippen LogP contribution in [0.2, 0.25) is 0 Å². The largest absolute Gasteiger partial charge is 0.394 e. The van der Waals surface area contributed by atoms with Gasteiger partial charge in [0.05, 0.1) is 18.8 Å². The Morgan fingerprint density at radius 1 is 1.45 bits per heavy atom. The van der Waals surface area contributed by atoms with Gasteiger partial charge in [-0.15, -0.1) is 0 Å². The molecule has 1 amide bonds. The number of carbonyl (C=O) groups is 1. The van der Waals surface area contributed by atoms with E-state index in [0.717, 1.165) is 6.54 Å². The Morgan fingerprint density at radius 2 is 2.05 bits per heavy atom. The maximum atomic E-state index is 12.2. The van der Waals surface area contributed by atoms with E-state index in [2.05, 4.69) is 10.3 Å². The molecule has 7 nitrogen and oxygen atoms in total. The van der Waals surface area contributed by atoms with E-state index in [1.165, 1.54) is 11.3 Å². The van der Waals surface area contributed by atoms with Crippen molar-refractivity contribution in [2.75, 3.05) is 37.4 Å². The number of anilines is 2. The minimum Gasteiger partial charge on any atom is -0.394 e. The average Bonchev–Trinajstić information content (AvgIpc) is 2.86. The smallest absolute Gasteiger partial charge is 0.265 e. The quantitative estimate of drug-likeness (QED) is 0.566. The zero-order valence-corrected chi connectivity index (χ0v) is 12.8. The molecule has 0 atom stereocenters. The van der Waals surface area contributed by atoms with Crippen LogP contribution in [0.4, 0.5) is 10.9 Å². The summed E-state index contributed by atoms with van der Waals surface area (Å²) in [6.07, 6.45) is 0.409. The van der Waals surface area contributed by atoms with E-state index in [4.69, 9.17) is 5.73 Å². The lowest BCUT2D eigenvalue weighted by Crippen LogP contribution is -2.53. The summed E-state index contributed by atoms with van der Waals surface area (Å²) >= 11 is 1.19. The van der Waals surface area contributed by atoms with Crippen LogP contribution < -0.4 is 16.0 Å². The second kappa shape index (κ2) is 6.87. The standard InChI is InChI=1S/C12H22N4O3S/c1-4-12(6-17,7-18)15-10(19)8-9(13)14-11(20-8)16(3)5-2/h17-18H,4-7,13H2,1-3H3,(H,15,19). The van der Waals surface area contributed by atoms with Crippen molar-refractivity contribution in [3.05, 3.63) is 4.88 Å². The highest BCUT2D eigenvalue weighted by Gasteiger charge is 2.30. The molecule has 0 saturated heterocycles. The molecular weight excluding hydrogens is 280 g/mol. The van der Waals surface area contributed by atoms with Crippen molar-refractivity contribution in [3.8, 4) is 0 Å². The molecule has 0 fully saturated rings. The number of nitrogens with two attached hydrogens (primary N) is 1. The molecule has 0 aliphatic heterocycles. The Kier molecular flexibility index (Phi) is 5.73. The van der Waals surface area contributed by atoms with Gasteiger partial charge in [0.25, 0.3) is 5.91 Å². The third-order valence-corrected chi connectivity index (χ3v) is 4.49. The molecule has 0 aromatic carbocycles. The fourth-order valence-electron chi connectivity index (χ4n) is 1.52. The van der Waals surface area contributed by atoms with Gasteiger partial charge in [-0.3, -0.25) is 4.79 Å². The second-order valence-corrected chi connectivity index (χ2v) is 5.61. The molecule has 0 unspecified atom stereocenters. The van der Waals surface area contributed by atoms with Crippen molar-refractivity contribution in [3.63, 3.8) is 0 Å². The Morgan fingerprint density at radius 3 is 2.50 bits per heavy atom. The fourth-order valence-corrected chi connectivity index (χ4v) is 2.43. The normalized spacial score (nSPS) is 11.4. The molecule has 20 heavy (non-hydrogen) atoms. The number of carbonyl (C=O) groups excluding carboxylic acids is 1. The summed E-state index contributed by atoms with van der Waals surface area (Å²) in [7, 11) is 1.86. The Labute approximate surface area is 122 Å². The van der Waals surface area contributed by atoms with Crippen molar-refractivity contribution >= 4 is 28.2 Å². The van der Waals surface area contributed by atoms with Crippen LogP contribution >= 0.6 is 11.3 Å². The first-order valence-electron chi connectivity index (χ1n) is 6.44. The number of hydrogen-bond acceptors (Lipinski definition) is 7. The zero-order chi connectivity index (χ0) is 15.3. The molecule has 114 valence electrons. The van der Waals surface area contributed by atoms with Crippen LogP contribution in [0.15, 0.2) is 0 Å². The van der Waals surface area contributed by atoms with Crippen molar-refractivity contribution in [2.24, 2.45) is 0 Å². The molecule has 0 aliphatic carbocycles. The number of rotatable bonds is 7. The van der Waals surface area contributed by atoms with Gasteiger partial charge in [0.2, 0.25) is 0 Å². The number of aromatic nitrogens is 1. The molecule has 0 saturated carbocycles. The molecule has 0 radical (unpaired) electrons. The minimum absolute atomic E-state index is 0.156. The number of nitrogens with zero attached hydrogens (tertiary/aromatic N) is 2. The van der Waals surface area contributed by atoms with Gasteiger partial charge >= 0.3 is 0 Å². The average molecular weight is 302 g/mol. The summed E-state index contributed by atoms with van der Waals surface area (Å²) in [5.41, 5.74) is 4.73. The molecule has 0 aliphatic rings. The summed E-state index contributed by atoms with van der Waals surface area (Å²) in [4.78, 5) is 18.5. The summed E-state index contributed by atoms with van der Waals surface area (Å²) in [5.74, 6) is -0.274. The number of nitrogens with one attached hydrogen (secondary N) is 1. The molecule has 1 aromatic heterocycles. The molecule has 0 spiro atoms. The van der Waals surface area contributed by atoms with Gasteiger partial charge in [0.15, 0.2) is 5.13 Å². The lowest BCUT2D eigenvalue weighted by atomic mass is 9.98. The predicted molar refractivity (Wildman–Crippen MR) is 80.1 cm³/mol. The van der Waals surface area contributed by atoms with Crippen LogP contribution in [0.3, 0.4) is 0 Å². The van der Waals surface area contributed by atoms with E-state index < -0.39 is 11.4 Å². The molecule has 5 N–H and O–H groups in total. The molecule has 1 aromatic rings. The Hall–Kier alpha value is -1.38. The number of nitrogen functional groups attached to an aromatic ring is 1. The van der Waals surface area contributed by atoms with Gasteiger partial charge in [-0.25, -0.2) is 4.98 Å². The van der Waals surface area contributed by atoms with E-state index >= 15 is 0 Å². The first-order valence-corrected chi connectivity index (χ1v) is 7.26. The number of amides is 1. The monoisotopic (exact) mass is 302 g/mol. The predicted octanol–water partition coefficient (Wildman–Crippen LogP) is 0.0446. The third-order valence-electron chi connectivity index (χ3n) is 3.31. The number of aliphatic hydroxyl groups excluding tert-OH is 2. The molecule has 1 heterocycles. The summed E-state index contributed by atoms with van der Waals surface area (Å²) in [5, 5.41) is 22.0.